The van der Waals surface area contributed by atoms with Crippen molar-refractivity contribution in [1.82, 2.24) is 20.2 Å². The van der Waals surface area contributed by atoms with Crippen LogP contribution in [0.25, 0.3) is 0 Å². The highest BCUT2D eigenvalue weighted by atomic mass is 16.3. The van der Waals surface area contributed by atoms with Gasteiger partial charge < -0.3 is 15.7 Å². The van der Waals surface area contributed by atoms with Gasteiger partial charge in [-0.05, 0) is 12.5 Å². The third-order valence-electron chi connectivity index (χ3n) is 4.67. The molecular weight excluding hydrogens is 306 g/mol. The van der Waals surface area contributed by atoms with Crippen molar-refractivity contribution in [3.63, 3.8) is 0 Å². The molecule has 1 aliphatic rings. The Morgan fingerprint density at radius 2 is 2.33 bits per heavy atom. The number of rotatable bonds is 6. The van der Waals surface area contributed by atoms with E-state index in [1.165, 1.54) is 6.20 Å². The van der Waals surface area contributed by atoms with E-state index in [1.54, 1.807) is 6.20 Å². The molecule has 1 aliphatic carbocycles. The Labute approximate surface area is 140 Å². The van der Waals surface area contributed by atoms with E-state index in [9.17, 15) is 10.4 Å². The number of aliphatic hydroxyl groups excluding tert-OH is 1. The van der Waals surface area contributed by atoms with Gasteiger partial charge in [0, 0.05) is 36.3 Å². The minimum absolute atomic E-state index is 0.0762. The van der Waals surface area contributed by atoms with Gasteiger partial charge in [-0.1, -0.05) is 13.8 Å². The first-order valence-electron chi connectivity index (χ1n) is 7.94. The number of nitriles is 1. The zero-order valence-corrected chi connectivity index (χ0v) is 13.7. The summed E-state index contributed by atoms with van der Waals surface area (Å²) in [6, 6.07) is 4.09. The molecule has 126 valence electrons. The van der Waals surface area contributed by atoms with E-state index in [4.69, 9.17) is 0 Å². The number of nitrogens with one attached hydrogen (secondary N) is 3. The molecule has 8 nitrogen and oxygen atoms in total. The minimum atomic E-state index is -0.339. The van der Waals surface area contributed by atoms with E-state index in [0.29, 0.717) is 30.3 Å². The molecular formula is C16H21N7O. The number of anilines is 2. The molecule has 0 radical (unpaired) electrons. The summed E-state index contributed by atoms with van der Waals surface area (Å²) >= 11 is 0. The Morgan fingerprint density at radius 3 is 2.96 bits per heavy atom. The number of H-pyrrole nitrogens is 1. The van der Waals surface area contributed by atoms with Crippen molar-refractivity contribution in [3.05, 3.63) is 29.7 Å². The van der Waals surface area contributed by atoms with Crippen LogP contribution in [0.1, 0.15) is 31.5 Å². The zero-order chi connectivity index (χ0) is 17.2. The normalized spacial score (nSPS) is 21.6. The maximum atomic E-state index is 9.85. The fourth-order valence-corrected chi connectivity index (χ4v) is 2.70. The van der Waals surface area contributed by atoms with Gasteiger partial charge in [-0.25, -0.2) is 4.98 Å². The molecule has 2 heterocycles. The third kappa shape index (κ3) is 3.16. The molecule has 0 bridgehead atoms. The molecule has 3 rings (SSSR count). The standard InChI is InChI=1S/C16H21N7O/c1-16(2)12(7-13(16)24)21-14-10(8-17)9-19-15(22-14)18-5-3-11-4-6-20-23-11/h4,6,9,12-13,24H,3,5,7H2,1-2H3,(H,20,23)(H2,18,19,21,22)/t12-,13?/m1/s1. The molecule has 0 aliphatic heterocycles. The molecule has 4 N–H and O–H groups in total. The van der Waals surface area contributed by atoms with Gasteiger partial charge in [0.25, 0.3) is 0 Å². The number of nitrogens with zero attached hydrogens (tertiary/aromatic N) is 4. The molecule has 1 saturated carbocycles. The van der Waals surface area contributed by atoms with E-state index in [1.807, 2.05) is 19.9 Å². The summed E-state index contributed by atoms with van der Waals surface area (Å²) in [4.78, 5) is 8.58. The number of aromatic nitrogens is 4. The first-order chi connectivity index (χ1) is 11.5. The van der Waals surface area contributed by atoms with Crippen LogP contribution in [0.2, 0.25) is 0 Å². The maximum absolute atomic E-state index is 9.85. The monoisotopic (exact) mass is 327 g/mol. The van der Waals surface area contributed by atoms with Crippen LogP contribution in [0.4, 0.5) is 11.8 Å². The second-order valence-corrected chi connectivity index (χ2v) is 6.60. The van der Waals surface area contributed by atoms with Gasteiger partial charge in [-0.2, -0.15) is 15.3 Å². The summed E-state index contributed by atoms with van der Waals surface area (Å²) in [5, 5.41) is 32.3. The lowest BCUT2D eigenvalue weighted by Gasteiger charge is -2.49. The number of hydrogen-bond acceptors (Lipinski definition) is 7. The predicted octanol–water partition coefficient (Wildman–Crippen LogP) is 1.30. The topological polar surface area (TPSA) is 123 Å². The van der Waals surface area contributed by atoms with E-state index < -0.39 is 0 Å². The summed E-state index contributed by atoms with van der Waals surface area (Å²) in [7, 11) is 0. The largest absolute Gasteiger partial charge is 0.392 e. The summed E-state index contributed by atoms with van der Waals surface area (Å²) < 4.78 is 0. The SMILES string of the molecule is CC1(C)C(O)C[C@H]1Nc1nc(NCCc2ccn[nH]2)ncc1C#N. The number of aromatic amines is 1. The van der Waals surface area contributed by atoms with Crippen LogP contribution in [-0.2, 0) is 6.42 Å². The van der Waals surface area contributed by atoms with Crippen molar-refractivity contribution in [2.24, 2.45) is 5.41 Å². The quantitative estimate of drug-likeness (QED) is 0.630. The molecule has 2 aromatic heterocycles. The predicted molar refractivity (Wildman–Crippen MR) is 89.3 cm³/mol. The average molecular weight is 327 g/mol. The van der Waals surface area contributed by atoms with Crippen molar-refractivity contribution < 1.29 is 5.11 Å². The average Bonchev–Trinajstić information content (AvgIpc) is 3.08. The van der Waals surface area contributed by atoms with Gasteiger partial charge in [0.15, 0.2) is 0 Å². The zero-order valence-electron chi connectivity index (χ0n) is 13.7. The van der Waals surface area contributed by atoms with Crippen LogP contribution in [0.3, 0.4) is 0 Å². The third-order valence-corrected chi connectivity index (χ3v) is 4.67. The number of aliphatic hydroxyl groups is 1. The Kier molecular flexibility index (Phi) is 4.36. The first-order valence-corrected chi connectivity index (χ1v) is 7.94. The van der Waals surface area contributed by atoms with Crippen molar-refractivity contribution in [2.75, 3.05) is 17.2 Å². The molecule has 1 unspecified atom stereocenters. The summed E-state index contributed by atoms with van der Waals surface area (Å²) in [6.45, 7) is 4.65. The Bertz CT molecular complexity index is 735. The molecule has 8 heteroatoms. The van der Waals surface area contributed by atoms with Crippen LogP contribution in [0, 0.1) is 16.7 Å². The van der Waals surface area contributed by atoms with Crippen molar-refractivity contribution >= 4 is 11.8 Å². The lowest BCUT2D eigenvalue weighted by molar-refractivity contribution is -0.0511. The van der Waals surface area contributed by atoms with Gasteiger partial charge in [0.1, 0.15) is 17.5 Å². The Balaban J connectivity index is 1.66. The lowest BCUT2D eigenvalue weighted by atomic mass is 9.64. The van der Waals surface area contributed by atoms with Crippen molar-refractivity contribution in [3.8, 4) is 6.07 Å². The van der Waals surface area contributed by atoms with Crippen LogP contribution in [-0.4, -0.2) is 44.0 Å². The molecule has 24 heavy (non-hydrogen) atoms. The van der Waals surface area contributed by atoms with Gasteiger partial charge in [0.05, 0.1) is 12.3 Å². The van der Waals surface area contributed by atoms with Crippen molar-refractivity contribution in [1.29, 1.82) is 5.26 Å². The van der Waals surface area contributed by atoms with Gasteiger partial charge in [0.2, 0.25) is 5.95 Å². The summed E-state index contributed by atoms with van der Waals surface area (Å²) in [6.07, 6.45) is 4.30. The molecule has 2 atom stereocenters. The molecule has 0 saturated heterocycles. The van der Waals surface area contributed by atoms with Crippen LogP contribution in [0.15, 0.2) is 18.5 Å². The van der Waals surface area contributed by atoms with Crippen LogP contribution in [0.5, 0.6) is 0 Å². The number of hydrogen-bond donors (Lipinski definition) is 4. The highest BCUT2D eigenvalue weighted by molar-refractivity contribution is 5.54. The fraction of sp³-hybridized carbons (Fsp3) is 0.500. The Hall–Kier alpha value is -2.66. The van der Waals surface area contributed by atoms with E-state index in [0.717, 1.165) is 12.1 Å². The summed E-state index contributed by atoms with van der Waals surface area (Å²) in [5.74, 6) is 0.968. The minimum Gasteiger partial charge on any atom is -0.392 e. The van der Waals surface area contributed by atoms with Gasteiger partial charge >= 0.3 is 0 Å². The second-order valence-electron chi connectivity index (χ2n) is 6.60. The highest BCUT2D eigenvalue weighted by Gasteiger charge is 2.47. The van der Waals surface area contributed by atoms with Crippen molar-refractivity contribution in [2.45, 2.75) is 38.8 Å². The highest BCUT2D eigenvalue weighted by Crippen LogP contribution is 2.42. The maximum Gasteiger partial charge on any atom is 0.224 e. The molecule has 0 aromatic carbocycles. The van der Waals surface area contributed by atoms with E-state index in [-0.39, 0.29) is 17.6 Å². The van der Waals surface area contributed by atoms with E-state index in [2.05, 4.69) is 36.9 Å². The summed E-state index contributed by atoms with van der Waals surface area (Å²) in [5.41, 5.74) is 1.18. The van der Waals surface area contributed by atoms with E-state index >= 15 is 0 Å². The van der Waals surface area contributed by atoms with Gasteiger partial charge in [-0.3, -0.25) is 5.10 Å². The molecule has 1 fully saturated rings. The lowest BCUT2D eigenvalue weighted by Crippen LogP contribution is -2.57. The van der Waals surface area contributed by atoms with Crippen LogP contribution >= 0.6 is 0 Å². The van der Waals surface area contributed by atoms with Crippen LogP contribution < -0.4 is 10.6 Å². The molecule has 2 aromatic rings. The molecule has 0 spiro atoms. The van der Waals surface area contributed by atoms with Gasteiger partial charge in [-0.15, -0.1) is 0 Å². The smallest absolute Gasteiger partial charge is 0.224 e. The Morgan fingerprint density at radius 1 is 1.50 bits per heavy atom. The second kappa shape index (κ2) is 6.45. The first kappa shape index (κ1) is 16.2. The molecule has 0 amide bonds. The fourth-order valence-electron chi connectivity index (χ4n) is 2.70.